The van der Waals surface area contributed by atoms with Crippen molar-refractivity contribution in [2.45, 2.75) is 32.6 Å². The van der Waals surface area contributed by atoms with Crippen LogP contribution in [-0.2, 0) is 20.9 Å². The summed E-state index contributed by atoms with van der Waals surface area (Å²) in [4.78, 5) is 33.3. The predicted molar refractivity (Wildman–Crippen MR) is 74.4 cm³/mol. The first-order chi connectivity index (χ1) is 10.3. The van der Waals surface area contributed by atoms with Crippen molar-refractivity contribution in [3.63, 3.8) is 0 Å². The van der Waals surface area contributed by atoms with Crippen LogP contribution in [0.15, 0.2) is 30.3 Å². The molecule has 0 saturated heterocycles. The molecular formula is C15H18NNaO6. The number of amides is 1. The van der Waals surface area contributed by atoms with Crippen molar-refractivity contribution in [3.8, 4) is 0 Å². The summed E-state index contributed by atoms with van der Waals surface area (Å²) in [5.74, 6) is -4.29. The van der Waals surface area contributed by atoms with Crippen LogP contribution in [0.1, 0.15) is 19.4 Å². The molecule has 2 N–H and O–H groups in total. The Balaban J connectivity index is 0.00000484. The minimum atomic E-state index is -1.87. The number of rotatable bonds is 7. The summed E-state index contributed by atoms with van der Waals surface area (Å²) in [5.41, 5.74) is 0.798. The van der Waals surface area contributed by atoms with Gasteiger partial charge in [-0.15, -0.1) is 0 Å². The maximum absolute atomic E-state index is 11.6. The first kappa shape index (κ1) is 21.6. The van der Waals surface area contributed by atoms with Crippen LogP contribution >= 0.6 is 0 Å². The Bertz CT molecular complexity index is 536. The monoisotopic (exact) mass is 331 g/mol. The molecule has 1 rings (SSSR count). The molecule has 8 heteroatoms. The van der Waals surface area contributed by atoms with Crippen LogP contribution in [0.4, 0.5) is 4.79 Å². The van der Waals surface area contributed by atoms with Gasteiger partial charge in [-0.05, 0) is 12.5 Å². The number of aliphatic hydroxyl groups is 1. The van der Waals surface area contributed by atoms with Gasteiger partial charge in [0.2, 0.25) is 0 Å². The van der Waals surface area contributed by atoms with Crippen LogP contribution in [0.5, 0.6) is 0 Å². The zero-order chi connectivity index (χ0) is 16.7. The van der Waals surface area contributed by atoms with Gasteiger partial charge in [-0.25, -0.2) is 4.79 Å². The molecule has 3 atom stereocenters. The molecule has 0 aliphatic rings. The number of aliphatic carboxylic acids is 1. The average molecular weight is 331 g/mol. The van der Waals surface area contributed by atoms with E-state index in [9.17, 15) is 24.6 Å². The van der Waals surface area contributed by atoms with E-state index in [0.29, 0.717) is 0 Å². The van der Waals surface area contributed by atoms with E-state index < -0.39 is 35.9 Å². The molecule has 7 nitrogen and oxygen atoms in total. The fraction of sp³-hybridized carbons (Fsp3) is 0.400. The van der Waals surface area contributed by atoms with Crippen molar-refractivity contribution in [1.29, 1.82) is 0 Å². The van der Waals surface area contributed by atoms with Gasteiger partial charge < -0.3 is 25.1 Å². The molecule has 0 heterocycles. The second kappa shape index (κ2) is 10.4. The second-order valence-corrected chi connectivity index (χ2v) is 4.93. The van der Waals surface area contributed by atoms with Crippen molar-refractivity contribution < 1.29 is 58.9 Å². The van der Waals surface area contributed by atoms with Crippen LogP contribution < -0.4 is 40.0 Å². The quantitative estimate of drug-likeness (QED) is 0.398. The van der Waals surface area contributed by atoms with E-state index in [2.05, 4.69) is 5.32 Å². The molecule has 0 aliphatic heterocycles. The second-order valence-electron chi connectivity index (χ2n) is 4.93. The molecule has 2 unspecified atom stereocenters. The Morgan fingerprint density at radius 3 is 2.30 bits per heavy atom. The zero-order valence-corrected chi connectivity index (χ0v) is 15.3. The van der Waals surface area contributed by atoms with Gasteiger partial charge in [0, 0.05) is 5.92 Å². The van der Waals surface area contributed by atoms with E-state index in [1.54, 1.807) is 24.3 Å². The van der Waals surface area contributed by atoms with Gasteiger partial charge in [0.05, 0.1) is 12.1 Å². The summed E-state index contributed by atoms with van der Waals surface area (Å²) >= 11 is 0. The number of hydrogen-bond acceptors (Lipinski definition) is 6. The molecule has 0 saturated carbocycles. The normalized spacial score (nSPS) is 13.9. The summed E-state index contributed by atoms with van der Waals surface area (Å²) in [6.07, 6.45) is -2.14. The summed E-state index contributed by atoms with van der Waals surface area (Å²) in [6, 6.07) is 8.14. The van der Waals surface area contributed by atoms with Gasteiger partial charge in [0.25, 0.3) is 0 Å². The number of carboxylic acids is 1. The zero-order valence-electron chi connectivity index (χ0n) is 13.3. The van der Waals surface area contributed by atoms with E-state index in [1.165, 1.54) is 13.8 Å². The van der Waals surface area contributed by atoms with Crippen molar-refractivity contribution in [2.24, 2.45) is 5.92 Å². The van der Waals surface area contributed by atoms with E-state index in [1.807, 2.05) is 6.07 Å². The molecule has 0 spiro atoms. The topological polar surface area (TPSA) is 116 Å². The third-order valence-corrected chi connectivity index (χ3v) is 3.20. The number of benzene rings is 1. The summed E-state index contributed by atoms with van der Waals surface area (Å²) in [5, 5.41) is 22.7. The maximum atomic E-state index is 11.6. The molecule has 0 aromatic heterocycles. The van der Waals surface area contributed by atoms with Gasteiger partial charge in [0.15, 0.2) is 5.78 Å². The van der Waals surface area contributed by atoms with Crippen LogP contribution in [0, 0.1) is 5.92 Å². The van der Waals surface area contributed by atoms with Gasteiger partial charge in [-0.2, -0.15) is 0 Å². The van der Waals surface area contributed by atoms with E-state index in [-0.39, 0.29) is 36.2 Å². The number of ether oxygens (including phenoxy) is 1. The number of carbonyl (C=O) groups excluding carboxylic acids is 3. The van der Waals surface area contributed by atoms with Crippen LogP contribution in [0.3, 0.4) is 0 Å². The molecule has 0 aliphatic carbocycles. The van der Waals surface area contributed by atoms with Gasteiger partial charge in [-0.3, -0.25) is 4.79 Å². The molecule has 1 aromatic rings. The van der Waals surface area contributed by atoms with E-state index >= 15 is 0 Å². The van der Waals surface area contributed by atoms with Crippen molar-refractivity contribution in [1.82, 2.24) is 5.32 Å². The molecule has 0 fully saturated rings. The molecule has 0 radical (unpaired) electrons. The van der Waals surface area contributed by atoms with Crippen LogP contribution in [0.25, 0.3) is 0 Å². The van der Waals surface area contributed by atoms with Gasteiger partial charge >= 0.3 is 35.7 Å². The van der Waals surface area contributed by atoms with Crippen molar-refractivity contribution in [2.75, 3.05) is 0 Å². The minimum absolute atomic E-state index is 0. The SMILES string of the molecule is CC(C(=O)C(=O)[O-])C(O)[C@H](C)NC(=O)OCc1ccccc1.[Na+]. The molecular weight excluding hydrogens is 313 g/mol. The van der Waals surface area contributed by atoms with Crippen LogP contribution in [0.2, 0.25) is 0 Å². The average Bonchev–Trinajstić information content (AvgIpc) is 2.51. The summed E-state index contributed by atoms with van der Waals surface area (Å²) in [6.45, 7) is 2.74. The Morgan fingerprint density at radius 2 is 1.78 bits per heavy atom. The molecule has 1 aromatic carbocycles. The third-order valence-electron chi connectivity index (χ3n) is 3.20. The van der Waals surface area contributed by atoms with Crippen molar-refractivity contribution in [3.05, 3.63) is 35.9 Å². The number of carbonyl (C=O) groups is 3. The largest absolute Gasteiger partial charge is 1.00 e. The fourth-order valence-electron chi connectivity index (χ4n) is 1.81. The number of ketones is 1. The van der Waals surface area contributed by atoms with E-state index in [0.717, 1.165) is 5.56 Å². The van der Waals surface area contributed by atoms with Gasteiger partial charge in [-0.1, -0.05) is 37.3 Å². The molecule has 23 heavy (non-hydrogen) atoms. The minimum Gasteiger partial charge on any atom is -0.542 e. The van der Waals surface area contributed by atoms with Crippen molar-refractivity contribution >= 4 is 17.8 Å². The number of alkyl carbamates (subject to hydrolysis) is 1. The number of Topliss-reactive ketones (excluding diaryl/α,β-unsaturated/α-hetero) is 1. The first-order valence-electron chi connectivity index (χ1n) is 6.73. The predicted octanol–water partition coefficient (Wildman–Crippen LogP) is -3.38. The fourth-order valence-corrected chi connectivity index (χ4v) is 1.81. The van der Waals surface area contributed by atoms with E-state index in [4.69, 9.17) is 4.74 Å². The molecule has 120 valence electrons. The standard InChI is InChI=1S/C15H19NO6.Na/c1-9(13(18)14(19)20)12(17)10(2)16-15(21)22-8-11-6-4-3-5-7-11;/h3-7,9-10,12,17H,8H2,1-2H3,(H,16,21)(H,19,20);/q;+1/p-1/t9?,10-,12?;/m0./s1. The molecule has 1 amide bonds. The smallest absolute Gasteiger partial charge is 0.542 e. The Kier molecular flexibility index (Phi) is 9.74. The Labute approximate surface area is 156 Å². The number of carboxylic acid groups (broad SMARTS) is 1. The van der Waals surface area contributed by atoms with Gasteiger partial charge in [0.1, 0.15) is 12.6 Å². The Morgan fingerprint density at radius 1 is 1.22 bits per heavy atom. The number of aliphatic hydroxyl groups excluding tert-OH is 1. The third kappa shape index (κ3) is 7.13. The Hall–Kier alpha value is -1.41. The summed E-state index contributed by atoms with van der Waals surface area (Å²) in [7, 11) is 0. The number of hydrogen-bond donors (Lipinski definition) is 2. The molecule has 0 bridgehead atoms. The summed E-state index contributed by atoms with van der Waals surface area (Å²) < 4.78 is 4.96. The maximum Gasteiger partial charge on any atom is 1.00 e. The first-order valence-corrected chi connectivity index (χ1v) is 6.73. The number of nitrogens with one attached hydrogen (secondary N) is 1. The van der Waals surface area contributed by atoms with Crippen LogP contribution in [-0.4, -0.2) is 35.1 Å².